The van der Waals surface area contributed by atoms with Crippen LogP contribution in [0.2, 0.25) is 0 Å². The lowest BCUT2D eigenvalue weighted by molar-refractivity contribution is -0.126. The highest BCUT2D eigenvalue weighted by molar-refractivity contribution is 6.05. The second-order valence-electron chi connectivity index (χ2n) is 5.94. The van der Waals surface area contributed by atoms with E-state index in [4.69, 9.17) is 4.74 Å². The Morgan fingerprint density at radius 2 is 1.79 bits per heavy atom. The Kier molecular flexibility index (Phi) is 5.86. The second-order valence-corrected chi connectivity index (χ2v) is 5.94. The lowest BCUT2D eigenvalue weighted by atomic mass is 10.0. The normalized spacial score (nSPS) is 10.8. The molecule has 3 aromatic rings. The SMILES string of the molecule is COc1ccccc1NC(=O)CC(=O)N/N=C/c1c(O)ccc2ccccc12. The summed E-state index contributed by atoms with van der Waals surface area (Å²) in [6.45, 7) is 0. The zero-order chi connectivity index (χ0) is 19.9. The number of anilines is 1. The van der Waals surface area contributed by atoms with Gasteiger partial charge in [0.05, 0.1) is 19.0 Å². The second kappa shape index (κ2) is 8.68. The minimum atomic E-state index is -0.580. The molecule has 0 heterocycles. The number of fused-ring (bicyclic) bond motifs is 1. The number of nitrogens with zero attached hydrogens (tertiary/aromatic N) is 1. The Morgan fingerprint density at radius 1 is 1.04 bits per heavy atom. The van der Waals surface area contributed by atoms with Crippen LogP contribution in [0.5, 0.6) is 11.5 Å². The third kappa shape index (κ3) is 4.45. The number of amides is 2. The molecule has 0 aliphatic heterocycles. The molecule has 28 heavy (non-hydrogen) atoms. The summed E-state index contributed by atoms with van der Waals surface area (Å²) < 4.78 is 5.15. The number of carbonyl (C=O) groups excluding carboxylic acids is 2. The fourth-order valence-corrected chi connectivity index (χ4v) is 2.72. The van der Waals surface area contributed by atoms with Gasteiger partial charge in [0, 0.05) is 5.56 Å². The number of hydrogen-bond donors (Lipinski definition) is 3. The predicted octanol–water partition coefficient (Wildman–Crippen LogP) is 3.03. The van der Waals surface area contributed by atoms with Gasteiger partial charge in [0.25, 0.3) is 0 Å². The number of hydrogen-bond acceptors (Lipinski definition) is 5. The van der Waals surface area contributed by atoms with Crippen molar-refractivity contribution >= 4 is 34.5 Å². The number of benzene rings is 3. The molecular formula is C21H19N3O4. The van der Waals surface area contributed by atoms with Crippen molar-refractivity contribution in [2.24, 2.45) is 5.10 Å². The lowest BCUT2D eigenvalue weighted by Crippen LogP contribution is -2.24. The van der Waals surface area contributed by atoms with Gasteiger partial charge < -0.3 is 15.2 Å². The molecule has 0 spiro atoms. The Hall–Kier alpha value is -3.87. The van der Waals surface area contributed by atoms with Crippen LogP contribution in [0, 0.1) is 0 Å². The van der Waals surface area contributed by atoms with E-state index in [9.17, 15) is 14.7 Å². The molecule has 2 amide bonds. The van der Waals surface area contributed by atoms with E-state index in [0.717, 1.165) is 10.8 Å². The van der Waals surface area contributed by atoms with Crippen LogP contribution in [-0.4, -0.2) is 30.2 Å². The molecule has 3 rings (SSSR count). The highest BCUT2D eigenvalue weighted by atomic mass is 16.5. The van der Waals surface area contributed by atoms with Gasteiger partial charge in [-0.25, -0.2) is 5.43 Å². The fourth-order valence-electron chi connectivity index (χ4n) is 2.72. The van der Waals surface area contributed by atoms with Gasteiger partial charge in [-0.05, 0) is 29.0 Å². The fraction of sp³-hybridized carbons (Fsp3) is 0.0952. The number of aromatic hydroxyl groups is 1. The molecule has 0 bridgehead atoms. The lowest BCUT2D eigenvalue weighted by Gasteiger charge is -2.09. The molecule has 0 saturated heterocycles. The number of nitrogens with one attached hydrogen (secondary N) is 2. The van der Waals surface area contributed by atoms with E-state index in [1.54, 1.807) is 36.4 Å². The van der Waals surface area contributed by atoms with Crippen molar-refractivity contribution in [1.29, 1.82) is 0 Å². The van der Waals surface area contributed by atoms with Crippen LogP contribution in [0.1, 0.15) is 12.0 Å². The van der Waals surface area contributed by atoms with E-state index < -0.39 is 18.2 Å². The number of hydrazone groups is 1. The number of rotatable bonds is 6. The first-order chi connectivity index (χ1) is 13.6. The summed E-state index contributed by atoms with van der Waals surface area (Å²) in [5.41, 5.74) is 3.26. The number of phenolic OH excluding ortho intramolecular Hbond substituents is 1. The van der Waals surface area contributed by atoms with Crippen LogP contribution in [0.4, 0.5) is 5.69 Å². The summed E-state index contributed by atoms with van der Waals surface area (Å²) in [7, 11) is 1.50. The minimum Gasteiger partial charge on any atom is -0.507 e. The molecule has 0 fully saturated rings. The van der Waals surface area contributed by atoms with Crippen LogP contribution in [0.25, 0.3) is 10.8 Å². The zero-order valence-corrected chi connectivity index (χ0v) is 15.2. The van der Waals surface area contributed by atoms with Gasteiger partial charge in [0.15, 0.2) is 0 Å². The van der Waals surface area contributed by atoms with Crippen molar-refractivity contribution in [2.75, 3.05) is 12.4 Å². The maximum Gasteiger partial charge on any atom is 0.249 e. The maximum atomic E-state index is 12.0. The van der Waals surface area contributed by atoms with Gasteiger partial charge in [-0.15, -0.1) is 0 Å². The average molecular weight is 377 g/mol. The Balaban J connectivity index is 1.62. The first-order valence-corrected chi connectivity index (χ1v) is 8.54. The Bertz CT molecular complexity index is 1050. The van der Waals surface area contributed by atoms with Crippen molar-refractivity contribution in [3.63, 3.8) is 0 Å². The topological polar surface area (TPSA) is 100 Å². The number of phenols is 1. The van der Waals surface area contributed by atoms with Crippen molar-refractivity contribution in [1.82, 2.24) is 5.43 Å². The maximum absolute atomic E-state index is 12.0. The third-order valence-corrected chi connectivity index (χ3v) is 4.03. The van der Waals surface area contributed by atoms with E-state index in [2.05, 4.69) is 15.8 Å². The average Bonchev–Trinajstić information content (AvgIpc) is 2.70. The van der Waals surface area contributed by atoms with Crippen LogP contribution in [-0.2, 0) is 9.59 Å². The van der Waals surface area contributed by atoms with E-state index in [1.807, 2.05) is 24.3 Å². The van der Waals surface area contributed by atoms with E-state index in [1.165, 1.54) is 13.3 Å². The largest absolute Gasteiger partial charge is 0.507 e. The number of carbonyl (C=O) groups is 2. The predicted molar refractivity (Wildman–Crippen MR) is 108 cm³/mol. The smallest absolute Gasteiger partial charge is 0.249 e. The molecule has 0 aliphatic carbocycles. The van der Waals surface area contributed by atoms with Gasteiger partial charge in [-0.3, -0.25) is 9.59 Å². The highest BCUT2D eigenvalue weighted by Gasteiger charge is 2.11. The number of methoxy groups -OCH3 is 1. The molecule has 0 unspecified atom stereocenters. The van der Waals surface area contributed by atoms with Crippen molar-refractivity contribution in [2.45, 2.75) is 6.42 Å². The molecule has 0 aromatic heterocycles. The van der Waals surface area contributed by atoms with Gasteiger partial charge in [0.1, 0.15) is 17.9 Å². The van der Waals surface area contributed by atoms with Gasteiger partial charge in [-0.2, -0.15) is 5.10 Å². The third-order valence-electron chi connectivity index (χ3n) is 4.03. The number of ether oxygens (including phenoxy) is 1. The molecule has 7 heteroatoms. The molecule has 7 nitrogen and oxygen atoms in total. The quantitative estimate of drug-likeness (QED) is 0.349. The highest BCUT2D eigenvalue weighted by Crippen LogP contribution is 2.25. The summed E-state index contributed by atoms with van der Waals surface area (Å²) in [5, 5.41) is 18.3. The summed E-state index contributed by atoms with van der Waals surface area (Å²) in [4.78, 5) is 24.0. The molecule has 3 N–H and O–H groups in total. The van der Waals surface area contributed by atoms with Crippen LogP contribution in [0.15, 0.2) is 65.8 Å². The molecule has 0 atom stereocenters. The number of para-hydroxylation sites is 2. The molecule has 3 aromatic carbocycles. The molecule has 0 radical (unpaired) electrons. The van der Waals surface area contributed by atoms with Crippen molar-refractivity contribution in [3.8, 4) is 11.5 Å². The van der Waals surface area contributed by atoms with E-state index >= 15 is 0 Å². The Labute approximate surface area is 161 Å². The van der Waals surface area contributed by atoms with Crippen molar-refractivity contribution in [3.05, 3.63) is 66.2 Å². The first kappa shape index (κ1) is 18.9. The van der Waals surface area contributed by atoms with Crippen molar-refractivity contribution < 1.29 is 19.4 Å². The van der Waals surface area contributed by atoms with Crippen LogP contribution in [0.3, 0.4) is 0 Å². The monoisotopic (exact) mass is 377 g/mol. The van der Waals surface area contributed by atoms with Crippen LogP contribution < -0.4 is 15.5 Å². The van der Waals surface area contributed by atoms with Gasteiger partial charge >= 0.3 is 0 Å². The van der Waals surface area contributed by atoms with E-state index in [-0.39, 0.29) is 5.75 Å². The van der Waals surface area contributed by atoms with Gasteiger partial charge in [0.2, 0.25) is 11.8 Å². The molecule has 0 saturated carbocycles. The minimum absolute atomic E-state index is 0.0469. The first-order valence-electron chi connectivity index (χ1n) is 8.54. The Morgan fingerprint density at radius 3 is 2.61 bits per heavy atom. The summed E-state index contributed by atoms with van der Waals surface area (Å²) in [6, 6.07) is 17.8. The summed E-state index contributed by atoms with van der Waals surface area (Å²) in [5.74, 6) is -0.528. The summed E-state index contributed by atoms with van der Waals surface area (Å²) >= 11 is 0. The standard InChI is InChI=1S/C21H19N3O4/c1-28-19-9-5-4-8-17(19)23-20(26)12-21(27)24-22-13-16-15-7-3-2-6-14(15)10-11-18(16)25/h2-11,13,25H,12H2,1H3,(H,23,26)(H,24,27)/b22-13+. The van der Waals surface area contributed by atoms with E-state index in [0.29, 0.717) is 17.0 Å². The van der Waals surface area contributed by atoms with Crippen LogP contribution >= 0.6 is 0 Å². The zero-order valence-electron chi connectivity index (χ0n) is 15.2. The molecule has 142 valence electrons. The molecular weight excluding hydrogens is 358 g/mol. The summed E-state index contributed by atoms with van der Waals surface area (Å²) in [6.07, 6.45) is 0.949. The van der Waals surface area contributed by atoms with Gasteiger partial charge in [-0.1, -0.05) is 42.5 Å². The molecule has 0 aliphatic rings.